The standard InChI is InChI=1S/C17H26N2S/c1-2-10-18-14-7-11-19(12-8-14)16-9-13-20-17-6-4-3-5-15(16)17/h3-6,14,16,18H,2,7-13H2,1H3. The number of rotatable bonds is 4. The quantitative estimate of drug-likeness (QED) is 0.910. The topological polar surface area (TPSA) is 15.3 Å². The summed E-state index contributed by atoms with van der Waals surface area (Å²) in [4.78, 5) is 4.23. The van der Waals surface area contributed by atoms with Crippen LogP contribution in [-0.2, 0) is 0 Å². The van der Waals surface area contributed by atoms with Crippen molar-refractivity contribution in [3.8, 4) is 0 Å². The largest absolute Gasteiger partial charge is 0.314 e. The summed E-state index contributed by atoms with van der Waals surface area (Å²) in [7, 11) is 0. The van der Waals surface area contributed by atoms with Gasteiger partial charge in [0.05, 0.1) is 0 Å². The average molecular weight is 290 g/mol. The van der Waals surface area contributed by atoms with E-state index in [9.17, 15) is 0 Å². The molecule has 1 fully saturated rings. The van der Waals surface area contributed by atoms with Crippen molar-refractivity contribution >= 4 is 11.8 Å². The van der Waals surface area contributed by atoms with Crippen LogP contribution in [0.15, 0.2) is 29.2 Å². The molecule has 0 aromatic heterocycles. The fraction of sp³-hybridized carbons (Fsp3) is 0.647. The van der Waals surface area contributed by atoms with E-state index < -0.39 is 0 Å². The van der Waals surface area contributed by atoms with Gasteiger partial charge in [0.25, 0.3) is 0 Å². The van der Waals surface area contributed by atoms with Crippen LogP contribution in [0.5, 0.6) is 0 Å². The molecule has 20 heavy (non-hydrogen) atoms. The van der Waals surface area contributed by atoms with Gasteiger partial charge in [0.2, 0.25) is 0 Å². The third-order valence-electron chi connectivity index (χ3n) is 4.58. The lowest BCUT2D eigenvalue weighted by Gasteiger charge is -2.40. The third-order valence-corrected chi connectivity index (χ3v) is 5.70. The summed E-state index contributed by atoms with van der Waals surface area (Å²) in [6, 6.07) is 10.4. The summed E-state index contributed by atoms with van der Waals surface area (Å²) < 4.78 is 0. The molecule has 0 saturated carbocycles. The van der Waals surface area contributed by atoms with E-state index in [0.29, 0.717) is 6.04 Å². The number of nitrogens with zero attached hydrogens (tertiary/aromatic N) is 1. The van der Waals surface area contributed by atoms with Crippen LogP contribution in [0, 0.1) is 0 Å². The van der Waals surface area contributed by atoms with Crippen molar-refractivity contribution < 1.29 is 0 Å². The van der Waals surface area contributed by atoms with Gasteiger partial charge in [-0.2, -0.15) is 0 Å². The fourth-order valence-electron chi connectivity index (χ4n) is 3.47. The molecule has 1 atom stereocenters. The first-order valence-electron chi connectivity index (χ1n) is 8.07. The number of hydrogen-bond donors (Lipinski definition) is 1. The Morgan fingerprint density at radius 2 is 2.00 bits per heavy atom. The number of piperidine rings is 1. The maximum atomic E-state index is 3.68. The van der Waals surface area contributed by atoms with Gasteiger partial charge in [-0.05, 0) is 49.6 Å². The number of likely N-dealkylation sites (tertiary alicyclic amines) is 1. The third kappa shape index (κ3) is 3.21. The molecule has 1 saturated heterocycles. The molecule has 110 valence electrons. The molecule has 0 radical (unpaired) electrons. The zero-order chi connectivity index (χ0) is 13.8. The minimum Gasteiger partial charge on any atom is -0.314 e. The van der Waals surface area contributed by atoms with Crippen LogP contribution in [0.25, 0.3) is 0 Å². The first-order chi connectivity index (χ1) is 9.88. The highest BCUT2D eigenvalue weighted by Crippen LogP contribution is 2.39. The molecule has 1 unspecified atom stereocenters. The summed E-state index contributed by atoms with van der Waals surface area (Å²) in [5.74, 6) is 1.27. The molecule has 2 aliphatic rings. The second-order valence-electron chi connectivity index (χ2n) is 5.96. The van der Waals surface area contributed by atoms with E-state index in [0.717, 1.165) is 6.04 Å². The van der Waals surface area contributed by atoms with Crippen LogP contribution in [0.2, 0.25) is 0 Å². The van der Waals surface area contributed by atoms with E-state index in [2.05, 4.69) is 41.4 Å². The number of hydrogen-bond acceptors (Lipinski definition) is 3. The maximum absolute atomic E-state index is 3.68. The van der Waals surface area contributed by atoms with Crippen molar-refractivity contribution in [2.45, 2.75) is 49.6 Å². The summed E-state index contributed by atoms with van der Waals surface area (Å²) in [5, 5.41) is 3.68. The van der Waals surface area contributed by atoms with Crippen LogP contribution in [0.3, 0.4) is 0 Å². The number of nitrogens with one attached hydrogen (secondary N) is 1. The van der Waals surface area contributed by atoms with Crippen molar-refractivity contribution in [2.24, 2.45) is 0 Å². The Bertz CT molecular complexity index is 427. The molecule has 0 bridgehead atoms. The predicted octanol–water partition coefficient (Wildman–Crippen LogP) is 3.69. The summed E-state index contributed by atoms with van der Waals surface area (Å²) in [6.45, 7) is 5.93. The highest BCUT2D eigenvalue weighted by molar-refractivity contribution is 7.99. The van der Waals surface area contributed by atoms with Crippen LogP contribution in [0.1, 0.15) is 44.2 Å². The molecule has 2 nitrogen and oxygen atoms in total. The van der Waals surface area contributed by atoms with Crippen LogP contribution >= 0.6 is 11.8 Å². The van der Waals surface area contributed by atoms with Gasteiger partial charge in [-0.15, -0.1) is 11.8 Å². The second-order valence-corrected chi connectivity index (χ2v) is 7.09. The van der Waals surface area contributed by atoms with Gasteiger partial charge in [-0.25, -0.2) is 0 Å². The number of fused-ring (bicyclic) bond motifs is 1. The number of thioether (sulfide) groups is 1. The molecule has 0 aliphatic carbocycles. The molecular formula is C17H26N2S. The van der Waals surface area contributed by atoms with Crippen LogP contribution in [0.4, 0.5) is 0 Å². The van der Waals surface area contributed by atoms with Crippen molar-refractivity contribution in [2.75, 3.05) is 25.4 Å². The number of benzene rings is 1. The van der Waals surface area contributed by atoms with Gasteiger partial charge < -0.3 is 5.32 Å². The smallest absolute Gasteiger partial charge is 0.0367 e. The Hall–Kier alpha value is -0.510. The molecule has 1 aromatic carbocycles. The van der Waals surface area contributed by atoms with Crippen molar-refractivity contribution in [3.05, 3.63) is 29.8 Å². The maximum Gasteiger partial charge on any atom is 0.0367 e. The Labute approximate surface area is 127 Å². The van der Waals surface area contributed by atoms with Crippen LogP contribution < -0.4 is 5.32 Å². The monoisotopic (exact) mass is 290 g/mol. The van der Waals surface area contributed by atoms with Gasteiger partial charge >= 0.3 is 0 Å². The molecule has 0 spiro atoms. The predicted molar refractivity (Wildman–Crippen MR) is 87.4 cm³/mol. The molecule has 3 rings (SSSR count). The highest BCUT2D eigenvalue weighted by Gasteiger charge is 2.29. The first kappa shape index (κ1) is 14.4. The molecule has 0 amide bonds. The van der Waals surface area contributed by atoms with E-state index in [1.54, 1.807) is 5.56 Å². The molecule has 1 aromatic rings. The zero-order valence-corrected chi connectivity index (χ0v) is 13.3. The van der Waals surface area contributed by atoms with E-state index in [-0.39, 0.29) is 0 Å². The highest BCUT2D eigenvalue weighted by atomic mass is 32.2. The zero-order valence-electron chi connectivity index (χ0n) is 12.5. The van der Waals surface area contributed by atoms with Crippen molar-refractivity contribution in [1.29, 1.82) is 0 Å². The summed E-state index contributed by atoms with van der Waals surface area (Å²) in [5.41, 5.74) is 1.57. The lowest BCUT2D eigenvalue weighted by atomic mass is 9.97. The normalized spacial score (nSPS) is 24.6. The van der Waals surface area contributed by atoms with Crippen molar-refractivity contribution in [3.63, 3.8) is 0 Å². The van der Waals surface area contributed by atoms with Gasteiger partial charge in [0, 0.05) is 30.1 Å². The second kappa shape index (κ2) is 6.97. The lowest BCUT2D eigenvalue weighted by Crippen LogP contribution is -2.44. The Morgan fingerprint density at radius 3 is 2.80 bits per heavy atom. The van der Waals surface area contributed by atoms with Gasteiger partial charge in [0.1, 0.15) is 0 Å². The van der Waals surface area contributed by atoms with Crippen molar-refractivity contribution in [1.82, 2.24) is 10.2 Å². The van der Waals surface area contributed by atoms with E-state index in [4.69, 9.17) is 0 Å². The van der Waals surface area contributed by atoms with E-state index in [1.807, 2.05) is 11.8 Å². The lowest BCUT2D eigenvalue weighted by molar-refractivity contribution is 0.138. The first-order valence-corrected chi connectivity index (χ1v) is 9.06. The molecule has 3 heteroatoms. The van der Waals surface area contributed by atoms with E-state index in [1.165, 1.54) is 56.0 Å². The van der Waals surface area contributed by atoms with Gasteiger partial charge in [0.15, 0.2) is 0 Å². The van der Waals surface area contributed by atoms with Gasteiger partial charge in [-0.1, -0.05) is 25.1 Å². The van der Waals surface area contributed by atoms with Gasteiger partial charge in [-0.3, -0.25) is 4.90 Å². The van der Waals surface area contributed by atoms with E-state index >= 15 is 0 Å². The Kier molecular flexibility index (Phi) is 5.03. The molecular weight excluding hydrogens is 264 g/mol. The molecule has 2 aliphatic heterocycles. The molecule has 2 heterocycles. The summed E-state index contributed by atoms with van der Waals surface area (Å²) in [6.07, 6.45) is 5.18. The summed E-state index contributed by atoms with van der Waals surface area (Å²) >= 11 is 2.03. The minimum absolute atomic E-state index is 0.666. The fourth-order valence-corrected chi connectivity index (χ4v) is 4.57. The Balaban J connectivity index is 1.62. The minimum atomic E-state index is 0.666. The van der Waals surface area contributed by atoms with Crippen LogP contribution in [-0.4, -0.2) is 36.3 Å². The Morgan fingerprint density at radius 1 is 1.20 bits per heavy atom. The SMILES string of the molecule is CCCNC1CCN(C2CCSc3ccccc32)CC1. The molecule has 1 N–H and O–H groups in total. The average Bonchev–Trinajstić information content (AvgIpc) is 2.53.